The molecule has 0 bridgehead atoms. The van der Waals surface area contributed by atoms with Crippen LogP contribution in [-0.4, -0.2) is 20.6 Å². The van der Waals surface area contributed by atoms with Gasteiger partial charge in [0.15, 0.2) is 5.82 Å². The number of hydrogen-bond acceptors (Lipinski definition) is 3. The number of nitrogens with one attached hydrogen (secondary N) is 1. The van der Waals surface area contributed by atoms with Gasteiger partial charge in [0.1, 0.15) is 5.84 Å². The second-order valence-corrected chi connectivity index (χ2v) is 4.54. The topological polar surface area (TPSA) is 80.6 Å². The highest BCUT2D eigenvalue weighted by Gasteiger charge is 2.17. The molecule has 0 atom stereocenters. The smallest absolute Gasteiger partial charge is 0.164 e. The van der Waals surface area contributed by atoms with Crippen molar-refractivity contribution in [3.63, 3.8) is 0 Å². The molecule has 1 aliphatic rings. The van der Waals surface area contributed by atoms with Crippen molar-refractivity contribution in [2.75, 3.05) is 0 Å². The average molecular weight is 241 g/mol. The molecule has 18 heavy (non-hydrogen) atoms. The largest absolute Gasteiger partial charge is 0.384 e. The Morgan fingerprint density at radius 3 is 2.89 bits per heavy atom. The molecule has 0 aromatic carbocycles. The maximum atomic E-state index is 7.69. The van der Waals surface area contributed by atoms with Gasteiger partial charge in [0.25, 0.3) is 0 Å². The Morgan fingerprint density at radius 1 is 1.33 bits per heavy atom. The lowest BCUT2D eigenvalue weighted by Gasteiger charge is -2.18. The van der Waals surface area contributed by atoms with Crippen LogP contribution in [-0.2, 0) is 12.8 Å². The summed E-state index contributed by atoms with van der Waals surface area (Å²) in [5.74, 6) is 0.703. The Bertz CT molecular complexity index is 586. The summed E-state index contributed by atoms with van der Waals surface area (Å²) < 4.78 is 1.67. The molecule has 2 aromatic rings. The molecule has 0 saturated carbocycles. The van der Waals surface area contributed by atoms with Crippen LogP contribution in [0.25, 0.3) is 5.82 Å². The lowest BCUT2D eigenvalue weighted by atomic mass is 9.94. The molecule has 2 heterocycles. The van der Waals surface area contributed by atoms with E-state index in [1.807, 2.05) is 18.3 Å². The molecule has 0 radical (unpaired) electrons. The predicted octanol–water partition coefficient (Wildman–Crippen LogP) is 1.43. The second kappa shape index (κ2) is 4.25. The second-order valence-electron chi connectivity index (χ2n) is 4.54. The molecular weight excluding hydrogens is 226 g/mol. The Kier molecular flexibility index (Phi) is 2.59. The molecule has 0 unspecified atom stereocenters. The van der Waals surface area contributed by atoms with E-state index in [1.54, 1.807) is 10.9 Å². The minimum absolute atomic E-state index is 0.0429. The molecule has 3 rings (SSSR count). The first kappa shape index (κ1) is 11.0. The van der Waals surface area contributed by atoms with Gasteiger partial charge in [-0.05, 0) is 43.4 Å². The van der Waals surface area contributed by atoms with Gasteiger partial charge < -0.3 is 5.73 Å². The van der Waals surface area contributed by atoms with Crippen molar-refractivity contribution >= 4 is 5.84 Å². The van der Waals surface area contributed by atoms with Crippen LogP contribution >= 0.6 is 0 Å². The fourth-order valence-electron chi connectivity index (χ4n) is 2.39. The molecule has 0 spiro atoms. The summed E-state index contributed by atoms with van der Waals surface area (Å²) in [5.41, 5.74) is 8.67. The Morgan fingerprint density at radius 2 is 2.17 bits per heavy atom. The van der Waals surface area contributed by atoms with Crippen molar-refractivity contribution in [2.24, 2.45) is 5.73 Å². The lowest BCUT2D eigenvalue weighted by molar-refractivity contribution is 0.661. The number of pyridine rings is 1. The number of aromatic nitrogens is 3. The minimum atomic E-state index is 0.0429. The first-order valence-electron chi connectivity index (χ1n) is 6.13. The van der Waals surface area contributed by atoms with Crippen LogP contribution in [0.2, 0.25) is 0 Å². The van der Waals surface area contributed by atoms with Crippen LogP contribution in [0.15, 0.2) is 24.5 Å². The van der Waals surface area contributed by atoms with Gasteiger partial charge in [-0.15, -0.1) is 0 Å². The highest BCUT2D eigenvalue weighted by atomic mass is 15.3. The van der Waals surface area contributed by atoms with E-state index in [9.17, 15) is 0 Å². The van der Waals surface area contributed by atoms with Crippen LogP contribution < -0.4 is 5.73 Å². The van der Waals surface area contributed by atoms with Crippen molar-refractivity contribution in [3.8, 4) is 5.82 Å². The van der Waals surface area contributed by atoms with Crippen molar-refractivity contribution in [3.05, 3.63) is 41.3 Å². The Labute approximate surface area is 105 Å². The van der Waals surface area contributed by atoms with Gasteiger partial charge in [-0.2, -0.15) is 5.10 Å². The molecule has 3 N–H and O–H groups in total. The highest BCUT2D eigenvalue weighted by molar-refractivity contribution is 5.98. The number of nitrogen functional groups attached to an aromatic ring is 1. The summed E-state index contributed by atoms with van der Waals surface area (Å²) in [6.45, 7) is 0. The van der Waals surface area contributed by atoms with E-state index in [2.05, 4.69) is 10.1 Å². The zero-order chi connectivity index (χ0) is 12.5. The van der Waals surface area contributed by atoms with E-state index in [0.29, 0.717) is 11.4 Å². The first-order valence-corrected chi connectivity index (χ1v) is 6.13. The fraction of sp³-hybridized carbons (Fsp3) is 0.308. The molecule has 2 aromatic heterocycles. The summed E-state index contributed by atoms with van der Waals surface area (Å²) in [5, 5.41) is 11.9. The third-order valence-corrected chi connectivity index (χ3v) is 3.29. The van der Waals surface area contributed by atoms with Gasteiger partial charge in [-0.3, -0.25) is 5.41 Å². The molecule has 0 amide bonds. The van der Waals surface area contributed by atoms with Crippen LogP contribution in [0.5, 0.6) is 0 Å². The van der Waals surface area contributed by atoms with Gasteiger partial charge in [0.05, 0.1) is 5.56 Å². The SMILES string of the molecule is N=C(N)c1cc2c(nc1-n1cccn1)CCCC2. The maximum Gasteiger partial charge on any atom is 0.164 e. The molecule has 0 aliphatic heterocycles. The highest BCUT2D eigenvalue weighted by Crippen LogP contribution is 2.23. The van der Waals surface area contributed by atoms with Crippen LogP contribution in [0, 0.1) is 5.41 Å². The lowest BCUT2D eigenvalue weighted by Crippen LogP contribution is -2.19. The van der Waals surface area contributed by atoms with Crippen molar-refractivity contribution in [1.82, 2.24) is 14.8 Å². The standard InChI is InChI=1S/C13H15N5/c14-12(15)10-8-9-4-1-2-5-11(9)17-13(10)18-7-3-6-16-18/h3,6-8H,1-2,4-5H2,(H3,14,15). The molecule has 0 saturated heterocycles. The zero-order valence-electron chi connectivity index (χ0n) is 10.1. The van der Waals surface area contributed by atoms with Gasteiger partial charge in [0.2, 0.25) is 0 Å². The van der Waals surface area contributed by atoms with Crippen molar-refractivity contribution < 1.29 is 0 Å². The van der Waals surface area contributed by atoms with E-state index < -0.39 is 0 Å². The van der Waals surface area contributed by atoms with Crippen LogP contribution in [0.3, 0.4) is 0 Å². The number of amidine groups is 1. The third kappa shape index (κ3) is 1.77. The number of aryl methyl sites for hydroxylation is 2. The maximum absolute atomic E-state index is 7.69. The minimum Gasteiger partial charge on any atom is -0.384 e. The van der Waals surface area contributed by atoms with Crippen LogP contribution in [0.1, 0.15) is 29.7 Å². The quantitative estimate of drug-likeness (QED) is 0.616. The number of nitrogens with zero attached hydrogens (tertiary/aromatic N) is 3. The first-order chi connectivity index (χ1) is 8.75. The van der Waals surface area contributed by atoms with Gasteiger partial charge in [0, 0.05) is 18.1 Å². The van der Waals surface area contributed by atoms with E-state index in [4.69, 9.17) is 11.1 Å². The van der Waals surface area contributed by atoms with Gasteiger partial charge in [-0.1, -0.05) is 0 Å². The molecule has 0 fully saturated rings. The van der Waals surface area contributed by atoms with E-state index in [-0.39, 0.29) is 5.84 Å². The summed E-state index contributed by atoms with van der Waals surface area (Å²) >= 11 is 0. The summed E-state index contributed by atoms with van der Waals surface area (Å²) in [6.07, 6.45) is 7.92. The van der Waals surface area contributed by atoms with Crippen LogP contribution in [0.4, 0.5) is 0 Å². The molecule has 5 heteroatoms. The number of rotatable bonds is 2. The monoisotopic (exact) mass is 241 g/mol. The molecule has 1 aliphatic carbocycles. The van der Waals surface area contributed by atoms with Gasteiger partial charge in [-0.25, -0.2) is 9.67 Å². The normalized spacial score (nSPS) is 14.2. The van der Waals surface area contributed by atoms with Crippen molar-refractivity contribution in [1.29, 1.82) is 5.41 Å². The summed E-state index contributed by atoms with van der Waals surface area (Å²) in [7, 11) is 0. The third-order valence-electron chi connectivity index (χ3n) is 3.29. The van der Waals surface area contributed by atoms with E-state index in [1.165, 1.54) is 18.4 Å². The molecular formula is C13H15N5. The number of nitrogens with two attached hydrogens (primary N) is 1. The average Bonchev–Trinajstić information content (AvgIpc) is 2.91. The number of hydrogen-bond donors (Lipinski definition) is 2. The van der Waals surface area contributed by atoms with E-state index >= 15 is 0 Å². The number of fused-ring (bicyclic) bond motifs is 1. The summed E-state index contributed by atoms with van der Waals surface area (Å²) in [6, 6.07) is 3.84. The summed E-state index contributed by atoms with van der Waals surface area (Å²) in [4.78, 5) is 4.66. The fourth-order valence-corrected chi connectivity index (χ4v) is 2.39. The zero-order valence-corrected chi connectivity index (χ0v) is 10.1. The van der Waals surface area contributed by atoms with E-state index in [0.717, 1.165) is 18.5 Å². The predicted molar refractivity (Wildman–Crippen MR) is 69.0 cm³/mol. The Hall–Kier alpha value is -2.17. The Balaban J connectivity index is 2.19. The molecule has 5 nitrogen and oxygen atoms in total. The van der Waals surface area contributed by atoms with Gasteiger partial charge >= 0.3 is 0 Å². The van der Waals surface area contributed by atoms with Crippen molar-refractivity contribution in [2.45, 2.75) is 25.7 Å². The molecule has 92 valence electrons.